The zero-order chi connectivity index (χ0) is 19.4. The zero-order valence-corrected chi connectivity index (χ0v) is 14.5. The summed E-state index contributed by atoms with van der Waals surface area (Å²) in [5.74, 6) is -0.669. The molecular weight excluding hydrogens is 354 g/mol. The minimum atomic E-state index is -0.669. The Kier molecular flexibility index (Phi) is 5.43. The Bertz CT molecular complexity index is 948. The Balaban J connectivity index is 1.69. The van der Waals surface area contributed by atoms with Gasteiger partial charge in [-0.1, -0.05) is 19.3 Å². The molecule has 1 aliphatic carbocycles. The van der Waals surface area contributed by atoms with E-state index in [0.29, 0.717) is 0 Å². The van der Waals surface area contributed by atoms with E-state index in [1.807, 2.05) is 0 Å². The van der Waals surface area contributed by atoms with E-state index >= 15 is 0 Å². The molecular formula is C17H19N5O5. The van der Waals surface area contributed by atoms with Crippen molar-refractivity contribution < 1.29 is 14.5 Å². The van der Waals surface area contributed by atoms with Gasteiger partial charge in [0.1, 0.15) is 6.54 Å². The molecule has 1 heterocycles. The third-order valence-corrected chi connectivity index (χ3v) is 4.53. The van der Waals surface area contributed by atoms with E-state index in [1.54, 1.807) is 0 Å². The number of urea groups is 1. The number of imide groups is 1. The van der Waals surface area contributed by atoms with Gasteiger partial charge in [-0.15, -0.1) is 0 Å². The molecule has 0 atom stereocenters. The summed E-state index contributed by atoms with van der Waals surface area (Å²) in [6.45, 7) is -0.414. The van der Waals surface area contributed by atoms with Crippen LogP contribution in [0.3, 0.4) is 0 Å². The smallest absolute Gasteiger partial charge is 0.321 e. The van der Waals surface area contributed by atoms with E-state index in [-0.39, 0.29) is 22.6 Å². The Hall–Kier alpha value is -3.30. The van der Waals surface area contributed by atoms with E-state index in [9.17, 15) is 24.5 Å². The van der Waals surface area contributed by atoms with Crippen LogP contribution in [0.1, 0.15) is 32.1 Å². The first kappa shape index (κ1) is 18.5. The normalized spacial score (nSPS) is 14.7. The number of carbonyl (C=O) groups is 2. The summed E-state index contributed by atoms with van der Waals surface area (Å²) in [6, 6.07) is 3.20. The first-order chi connectivity index (χ1) is 12.9. The summed E-state index contributed by atoms with van der Waals surface area (Å²) >= 11 is 0. The number of amides is 3. The molecule has 0 aliphatic heterocycles. The molecule has 0 spiro atoms. The highest BCUT2D eigenvalue weighted by Crippen LogP contribution is 2.17. The summed E-state index contributed by atoms with van der Waals surface area (Å²) in [4.78, 5) is 50.7. The van der Waals surface area contributed by atoms with E-state index in [1.165, 1.54) is 18.5 Å². The lowest BCUT2D eigenvalue weighted by molar-refractivity contribution is -0.384. The molecule has 1 aliphatic rings. The molecule has 0 radical (unpaired) electrons. The molecule has 0 saturated heterocycles. The average molecular weight is 373 g/mol. The second-order valence-electron chi connectivity index (χ2n) is 6.49. The molecule has 3 rings (SSSR count). The van der Waals surface area contributed by atoms with Gasteiger partial charge < -0.3 is 5.32 Å². The number of benzene rings is 1. The third-order valence-electron chi connectivity index (χ3n) is 4.53. The molecule has 2 aromatic rings. The number of nitro groups is 1. The van der Waals surface area contributed by atoms with Gasteiger partial charge in [0.05, 0.1) is 22.2 Å². The monoisotopic (exact) mass is 373 g/mol. The van der Waals surface area contributed by atoms with Crippen LogP contribution in [0.2, 0.25) is 0 Å². The topological polar surface area (TPSA) is 136 Å². The summed E-state index contributed by atoms with van der Waals surface area (Å²) in [5, 5.41) is 15.9. The van der Waals surface area contributed by atoms with Gasteiger partial charge in [0.25, 0.3) is 11.2 Å². The molecule has 1 fully saturated rings. The lowest BCUT2D eigenvalue weighted by Crippen LogP contribution is -2.46. The van der Waals surface area contributed by atoms with Crippen molar-refractivity contribution in [2.75, 3.05) is 0 Å². The first-order valence-electron chi connectivity index (χ1n) is 8.68. The van der Waals surface area contributed by atoms with Crippen molar-refractivity contribution in [1.29, 1.82) is 0 Å². The second kappa shape index (κ2) is 7.94. The largest absolute Gasteiger partial charge is 0.335 e. The van der Waals surface area contributed by atoms with Gasteiger partial charge >= 0.3 is 6.03 Å². The van der Waals surface area contributed by atoms with Gasteiger partial charge in [-0.2, -0.15) is 0 Å². The minimum absolute atomic E-state index is 0.0335. The third kappa shape index (κ3) is 4.46. The first-order valence-corrected chi connectivity index (χ1v) is 8.68. The van der Waals surface area contributed by atoms with Crippen LogP contribution in [-0.4, -0.2) is 32.5 Å². The number of non-ortho nitro benzene ring substituents is 1. The molecule has 10 nitrogen and oxygen atoms in total. The fraction of sp³-hybridized carbons (Fsp3) is 0.412. The van der Waals surface area contributed by atoms with Crippen LogP contribution in [0.4, 0.5) is 10.5 Å². The molecule has 10 heteroatoms. The Morgan fingerprint density at radius 2 is 2.00 bits per heavy atom. The average Bonchev–Trinajstić information content (AvgIpc) is 2.64. The minimum Gasteiger partial charge on any atom is -0.335 e. The van der Waals surface area contributed by atoms with E-state index in [2.05, 4.69) is 15.6 Å². The fourth-order valence-corrected chi connectivity index (χ4v) is 3.16. The zero-order valence-electron chi connectivity index (χ0n) is 14.5. The maximum atomic E-state index is 12.5. The van der Waals surface area contributed by atoms with Gasteiger partial charge in [0, 0.05) is 18.2 Å². The number of nitro benzene ring substituents is 1. The van der Waals surface area contributed by atoms with Crippen LogP contribution < -0.4 is 16.2 Å². The number of hydrogen-bond donors (Lipinski definition) is 2. The molecule has 142 valence electrons. The van der Waals surface area contributed by atoms with Crippen molar-refractivity contribution in [3.8, 4) is 0 Å². The van der Waals surface area contributed by atoms with E-state index in [4.69, 9.17) is 0 Å². The van der Waals surface area contributed by atoms with Crippen molar-refractivity contribution in [2.45, 2.75) is 44.7 Å². The summed E-state index contributed by atoms with van der Waals surface area (Å²) in [6.07, 6.45) is 6.18. The number of aromatic nitrogens is 2. The summed E-state index contributed by atoms with van der Waals surface area (Å²) < 4.78 is 1.01. The Morgan fingerprint density at radius 1 is 1.26 bits per heavy atom. The molecule has 2 N–H and O–H groups in total. The molecule has 1 aromatic heterocycles. The Labute approximate surface area is 153 Å². The molecule has 3 amide bonds. The van der Waals surface area contributed by atoms with Crippen molar-refractivity contribution in [2.24, 2.45) is 0 Å². The molecule has 1 saturated carbocycles. The van der Waals surface area contributed by atoms with Gasteiger partial charge in [-0.25, -0.2) is 9.78 Å². The van der Waals surface area contributed by atoms with Gasteiger partial charge in [0.2, 0.25) is 5.91 Å². The van der Waals surface area contributed by atoms with E-state index < -0.39 is 29.0 Å². The number of nitrogens with zero attached hydrogens (tertiary/aromatic N) is 3. The van der Waals surface area contributed by atoms with Crippen LogP contribution >= 0.6 is 0 Å². The standard InChI is InChI=1S/C17H19N5O5/c23-15(20-17(25)19-11-4-2-1-3-5-11)9-21-10-18-14-7-6-12(22(26)27)8-13(14)16(21)24/h6-8,10-11H,1-5,9H2,(H2,19,20,23,25). The number of nitrogens with one attached hydrogen (secondary N) is 2. The maximum Gasteiger partial charge on any atom is 0.321 e. The van der Waals surface area contributed by atoms with Crippen molar-refractivity contribution >= 4 is 28.5 Å². The van der Waals surface area contributed by atoms with Crippen LogP contribution in [-0.2, 0) is 11.3 Å². The lowest BCUT2D eigenvalue weighted by atomic mass is 9.96. The van der Waals surface area contributed by atoms with Gasteiger partial charge in [-0.3, -0.25) is 29.6 Å². The van der Waals surface area contributed by atoms with Crippen LogP contribution in [0.5, 0.6) is 0 Å². The van der Waals surface area contributed by atoms with Crippen LogP contribution in [0.25, 0.3) is 10.9 Å². The van der Waals surface area contributed by atoms with Gasteiger partial charge in [0.15, 0.2) is 0 Å². The SMILES string of the molecule is O=C(Cn1cnc2ccc([N+](=O)[O-])cc2c1=O)NC(=O)NC1CCCCC1. The van der Waals surface area contributed by atoms with Crippen LogP contribution in [0, 0.1) is 10.1 Å². The van der Waals surface area contributed by atoms with Crippen molar-refractivity contribution in [3.05, 3.63) is 45.0 Å². The number of carbonyl (C=O) groups excluding carboxylic acids is 2. The van der Waals surface area contributed by atoms with Crippen molar-refractivity contribution in [1.82, 2.24) is 20.2 Å². The highest BCUT2D eigenvalue weighted by molar-refractivity contribution is 5.94. The number of fused-ring (bicyclic) bond motifs is 1. The van der Waals surface area contributed by atoms with Crippen LogP contribution in [0.15, 0.2) is 29.3 Å². The van der Waals surface area contributed by atoms with Crippen molar-refractivity contribution in [3.63, 3.8) is 0 Å². The predicted molar refractivity (Wildman–Crippen MR) is 96.2 cm³/mol. The highest BCUT2D eigenvalue weighted by Gasteiger charge is 2.18. The number of hydrogen-bond acceptors (Lipinski definition) is 6. The lowest BCUT2D eigenvalue weighted by Gasteiger charge is -2.22. The molecule has 1 aromatic carbocycles. The second-order valence-corrected chi connectivity index (χ2v) is 6.49. The van der Waals surface area contributed by atoms with Gasteiger partial charge in [-0.05, 0) is 18.9 Å². The fourth-order valence-electron chi connectivity index (χ4n) is 3.16. The maximum absolute atomic E-state index is 12.5. The summed E-state index contributed by atoms with van der Waals surface area (Å²) in [7, 11) is 0. The van der Waals surface area contributed by atoms with E-state index in [0.717, 1.165) is 42.7 Å². The number of rotatable bonds is 4. The Morgan fingerprint density at radius 3 is 2.70 bits per heavy atom. The molecule has 27 heavy (non-hydrogen) atoms. The highest BCUT2D eigenvalue weighted by atomic mass is 16.6. The summed E-state index contributed by atoms with van der Waals surface area (Å²) in [5.41, 5.74) is -0.542. The quantitative estimate of drug-likeness (QED) is 0.615. The molecule has 0 unspecified atom stereocenters. The predicted octanol–water partition coefficient (Wildman–Crippen LogP) is 1.46. The molecule has 0 bridgehead atoms.